The number of nitrogens with zero attached hydrogens (tertiary/aromatic N) is 1. The first kappa shape index (κ1) is 12.2. The Hall–Kier alpha value is -0.870. The number of amides is 1. The minimum absolute atomic E-state index is 0.238. The van der Waals surface area contributed by atoms with Crippen molar-refractivity contribution < 1.29 is 4.79 Å². The Morgan fingerprint density at radius 3 is 3.00 bits per heavy atom. The Morgan fingerprint density at radius 1 is 1.44 bits per heavy atom. The van der Waals surface area contributed by atoms with Crippen LogP contribution in [0, 0.1) is 19.8 Å². The molecule has 0 saturated carbocycles. The standard InChI is InChI=1S/C14H20N2OS/c1-9-7-13(18-10(9)2)14(17)16-6-4-12-11(8-16)3-5-15-12/h7,11-12,15H,3-6,8H2,1-2H3. The molecule has 0 spiro atoms. The summed E-state index contributed by atoms with van der Waals surface area (Å²) in [6.07, 6.45) is 2.33. The SMILES string of the molecule is Cc1cc(C(=O)N2CCC3NCCC3C2)sc1C. The van der Waals surface area contributed by atoms with Crippen molar-refractivity contribution >= 4 is 17.2 Å². The molecule has 2 aliphatic heterocycles. The smallest absolute Gasteiger partial charge is 0.263 e. The average molecular weight is 264 g/mol. The number of fused-ring (bicyclic) bond motifs is 1. The van der Waals surface area contributed by atoms with E-state index in [4.69, 9.17) is 0 Å². The van der Waals surface area contributed by atoms with Crippen molar-refractivity contribution in [3.63, 3.8) is 0 Å². The molecular weight excluding hydrogens is 244 g/mol. The average Bonchev–Trinajstić information content (AvgIpc) is 2.95. The van der Waals surface area contributed by atoms with Gasteiger partial charge in [0.2, 0.25) is 0 Å². The lowest BCUT2D eigenvalue weighted by molar-refractivity contribution is 0.0667. The Balaban J connectivity index is 1.73. The van der Waals surface area contributed by atoms with Gasteiger partial charge in [0.15, 0.2) is 0 Å². The van der Waals surface area contributed by atoms with Crippen LogP contribution >= 0.6 is 11.3 Å². The van der Waals surface area contributed by atoms with Crippen molar-refractivity contribution in [3.8, 4) is 0 Å². The zero-order valence-corrected chi connectivity index (χ0v) is 11.8. The third-order valence-corrected chi connectivity index (χ3v) is 5.46. The first-order valence-corrected chi connectivity index (χ1v) is 7.56. The summed E-state index contributed by atoms with van der Waals surface area (Å²) in [5, 5.41) is 3.54. The first-order chi connectivity index (χ1) is 8.65. The van der Waals surface area contributed by atoms with Crippen LogP contribution in [-0.2, 0) is 0 Å². The fourth-order valence-electron chi connectivity index (χ4n) is 3.07. The van der Waals surface area contributed by atoms with E-state index in [-0.39, 0.29) is 5.91 Å². The fraction of sp³-hybridized carbons (Fsp3) is 0.643. The second-order valence-corrected chi connectivity index (χ2v) is 6.76. The molecule has 0 radical (unpaired) electrons. The predicted molar refractivity (Wildman–Crippen MR) is 74.2 cm³/mol. The number of hydrogen-bond donors (Lipinski definition) is 1. The van der Waals surface area contributed by atoms with Crippen LogP contribution in [-0.4, -0.2) is 36.5 Å². The van der Waals surface area contributed by atoms with Gasteiger partial charge >= 0.3 is 0 Å². The summed E-state index contributed by atoms with van der Waals surface area (Å²) in [5.74, 6) is 0.909. The number of aryl methyl sites for hydroxylation is 2. The van der Waals surface area contributed by atoms with E-state index in [0.29, 0.717) is 12.0 Å². The molecule has 3 rings (SSSR count). The highest BCUT2D eigenvalue weighted by molar-refractivity contribution is 7.14. The lowest BCUT2D eigenvalue weighted by Crippen LogP contribution is -2.46. The summed E-state index contributed by atoms with van der Waals surface area (Å²) < 4.78 is 0. The zero-order chi connectivity index (χ0) is 12.7. The molecule has 0 aromatic carbocycles. The van der Waals surface area contributed by atoms with Crippen LogP contribution < -0.4 is 5.32 Å². The van der Waals surface area contributed by atoms with E-state index in [1.54, 1.807) is 11.3 Å². The summed E-state index contributed by atoms with van der Waals surface area (Å²) in [6.45, 7) is 7.13. The molecule has 4 heteroatoms. The van der Waals surface area contributed by atoms with Gasteiger partial charge in [0, 0.05) is 24.0 Å². The summed E-state index contributed by atoms with van der Waals surface area (Å²) in [7, 11) is 0. The van der Waals surface area contributed by atoms with Gasteiger partial charge in [0.1, 0.15) is 0 Å². The maximum absolute atomic E-state index is 12.5. The molecule has 1 aromatic rings. The van der Waals surface area contributed by atoms with Gasteiger partial charge in [-0.15, -0.1) is 11.3 Å². The van der Waals surface area contributed by atoms with Gasteiger partial charge in [0.25, 0.3) is 5.91 Å². The van der Waals surface area contributed by atoms with Gasteiger partial charge in [0.05, 0.1) is 4.88 Å². The molecule has 3 nitrogen and oxygen atoms in total. The molecule has 2 unspecified atom stereocenters. The van der Waals surface area contributed by atoms with Crippen molar-refractivity contribution in [1.29, 1.82) is 0 Å². The minimum Gasteiger partial charge on any atom is -0.338 e. The van der Waals surface area contributed by atoms with Gasteiger partial charge in [-0.05, 0) is 50.8 Å². The minimum atomic E-state index is 0.238. The highest BCUT2D eigenvalue weighted by atomic mass is 32.1. The quantitative estimate of drug-likeness (QED) is 0.843. The Labute approximate surface area is 112 Å². The normalized spacial score (nSPS) is 27.3. The van der Waals surface area contributed by atoms with Crippen LogP contribution in [0.2, 0.25) is 0 Å². The molecule has 0 bridgehead atoms. The molecule has 2 atom stereocenters. The van der Waals surface area contributed by atoms with Gasteiger partial charge in [-0.3, -0.25) is 4.79 Å². The molecule has 0 aliphatic carbocycles. The summed E-state index contributed by atoms with van der Waals surface area (Å²) >= 11 is 1.63. The first-order valence-electron chi connectivity index (χ1n) is 6.75. The van der Waals surface area contributed by atoms with Crippen LogP contribution in [0.5, 0.6) is 0 Å². The number of carbonyl (C=O) groups is 1. The molecule has 1 aromatic heterocycles. The fourth-order valence-corrected chi connectivity index (χ4v) is 4.07. The zero-order valence-electron chi connectivity index (χ0n) is 11.0. The van der Waals surface area contributed by atoms with E-state index < -0.39 is 0 Å². The van der Waals surface area contributed by atoms with E-state index in [1.165, 1.54) is 16.9 Å². The summed E-state index contributed by atoms with van der Waals surface area (Å²) in [6, 6.07) is 2.70. The van der Waals surface area contributed by atoms with E-state index in [1.807, 2.05) is 6.07 Å². The number of rotatable bonds is 1. The number of thiophene rings is 1. The van der Waals surface area contributed by atoms with Gasteiger partial charge in [-0.2, -0.15) is 0 Å². The summed E-state index contributed by atoms with van der Waals surface area (Å²) in [4.78, 5) is 16.7. The number of nitrogens with one attached hydrogen (secondary N) is 1. The molecule has 3 heterocycles. The molecule has 1 amide bonds. The number of hydrogen-bond acceptors (Lipinski definition) is 3. The molecular formula is C14H20N2OS. The van der Waals surface area contributed by atoms with Crippen LogP contribution in [0.25, 0.3) is 0 Å². The third-order valence-electron chi connectivity index (χ3n) is 4.32. The monoisotopic (exact) mass is 264 g/mol. The van der Waals surface area contributed by atoms with E-state index >= 15 is 0 Å². The molecule has 18 heavy (non-hydrogen) atoms. The molecule has 2 aliphatic rings. The van der Waals surface area contributed by atoms with Gasteiger partial charge < -0.3 is 10.2 Å². The third kappa shape index (κ3) is 2.08. The van der Waals surface area contributed by atoms with Crippen LogP contribution in [0.15, 0.2) is 6.07 Å². The van der Waals surface area contributed by atoms with Crippen molar-refractivity contribution in [3.05, 3.63) is 21.4 Å². The molecule has 1 N–H and O–H groups in total. The number of piperidine rings is 1. The van der Waals surface area contributed by atoms with Crippen molar-refractivity contribution in [1.82, 2.24) is 10.2 Å². The highest BCUT2D eigenvalue weighted by Crippen LogP contribution is 2.28. The van der Waals surface area contributed by atoms with Crippen LogP contribution in [0.1, 0.15) is 33.0 Å². The van der Waals surface area contributed by atoms with Gasteiger partial charge in [-0.25, -0.2) is 0 Å². The van der Waals surface area contributed by atoms with Gasteiger partial charge in [-0.1, -0.05) is 0 Å². The van der Waals surface area contributed by atoms with Crippen molar-refractivity contribution in [2.45, 2.75) is 32.7 Å². The predicted octanol–water partition coefficient (Wildman–Crippen LogP) is 2.19. The lowest BCUT2D eigenvalue weighted by atomic mass is 9.93. The largest absolute Gasteiger partial charge is 0.338 e. The van der Waals surface area contributed by atoms with E-state index in [0.717, 1.165) is 30.9 Å². The highest BCUT2D eigenvalue weighted by Gasteiger charge is 2.34. The topological polar surface area (TPSA) is 32.3 Å². The lowest BCUT2D eigenvalue weighted by Gasteiger charge is -2.34. The van der Waals surface area contributed by atoms with Crippen LogP contribution in [0.4, 0.5) is 0 Å². The molecule has 2 saturated heterocycles. The molecule has 98 valence electrons. The Bertz CT molecular complexity index is 449. The Morgan fingerprint density at radius 2 is 2.28 bits per heavy atom. The van der Waals surface area contributed by atoms with Crippen molar-refractivity contribution in [2.24, 2.45) is 5.92 Å². The number of likely N-dealkylation sites (tertiary alicyclic amines) is 1. The van der Waals surface area contributed by atoms with E-state index in [9.17, 15) is 4.79 Å². The maximum atomic E-state index is 12.5. The van der Waals surface area contributed by atoms with Crippen molar-refractivity contribution in [2.75, 3.05) is 19.6 Å². The maximum Gasteiger partial charge on any atom is 0.263 e. The van der Waals surface area contributed by atoms with E-state index in [2.05, 4.69) is 24.1 Å². The molecule has 2 fully saturated rings. The van der Waals surface area contributed by atoms with Crippen LogP contribution in [0.3, 0.4) is 0 Å². The Kier molecular flexibility index (Phi) is 3.16. The number of carbonyl (C=O) groups excluding carboxylic acids is 1. The second-order valence-electron chi connectivity index (χ2n) is 5.50. The summed E-state index contributed by atoms with van der Waals surface area (Å²) in [5.41, 5.74) is 1.24. The second kappa shape index (κ2) is 4.67.